The van der Waals surface area contributed by atoms with Gasteiger partial charge >= 0.3 is 0 Å². The van der Waals surface area contributed by atoms with Crippen LogP contribution in [0.3, 0.4) is 0 Å². The average molecular weight is 308 g/mol. The number of aromatic hydroxyl groups is 2. The Hall–Kier alpha value is -2.41. The van der Waals surface area contributed by atoms with Crippen LogP contribution < -0.4 is 10.0 Å². The molecule has 0 saturated carbocycles. The van der Waals surface area contributed by atoms with Crippen LogP contribution in [0, 0.1) is 0 Å². The Balaban J connectivity index is 2.16. The van der Waals surface area contributed by atoms with E-state index in [1.54, 1.807) is 30.3 Å². The van der Waals surface area contributed by atoms with Gasteiger partial charge in [0, 0.05) is 18.2 Å². The molecule has 0 amide bonds. The van der Waals surface area contributed by atoms with Gasteiger partial charge in [0.25, 0.3) is 0 Å². The Bertz CT molecular complexity index is 744. The maximum Gasteiger partial charge on any atom is 0.229 e. The highest BCUT2D eigenvalue weighted by atomic mass is 32.2. The molecule has 0 heterocycles. The Morgan fingerprint density at radius 3 is 2.33 bits per heavy atom. The first kappa shape index (κ1) is 15.0. The van der Waals surface area contributed by atoms with Crippen LogP contribution in [0.2, 0.25) is 0 Å². The monoisotopic (exact) mass is 308 g/mol. The molecule has 2 rings (SSSR count). The molecule has 0 aliphatic heterocycles. The molecule has 4 N–H and O–H groups in total. The summed E-state index contributed by atoms with van der Waals surface area (Å²) in [5.74, 6) is -0.0496. The minimum absolute atomic E-state index is 0.0182. The number of rotatable bonds is 5. The molecule has 0 aliphatic rings. The van der Waals surface area contributed by atoms with Crippen molar-refractivity contribution in [2.75, 3.05) is 16.3 Å². The third-order valence-corrected chi connectivity index (χ3v) is 3.35. The van der Waals surface area contributed by atoms with Crippen LogP contribution in [0.5, 0.6) is 11.5 Å². The van der Waals surface area contributed by atoms with Crippen molar-refractivity contribution in [3.8, 4) is 11.5 Å². The molecule has 0 bridgehead atoms. The molecular weight excluding hydrogens is 292 g/mol. The van der Waals surface area contributed by atoms with E-state index in [4.69, 9.17) is 0 Å². The van der Waals surface area contributed by atoms with Crippen molar-refractivity contribution in [2.24, 2.45) is 0 Å². The van der Waals surface area contributed by atoms with Crippen molar-refractivity contribution in [3.05, 3.63) is 48.0 Å². The Kier molecular flexibility index (Phi) is 4.23. The number of nitrogens with one attached hydrogen (secondary N) is 2. The average Bonchev–Trinajstić information content (AvgIpc) is 2.37. The van der Waals surface area contributed by atoms with E-state index in [0.29, 0.717) is 16.9 Å². The second-order valence-electron chi connectivity index (χ2n) is 4.59. The normalized spacial score (nSPS) is 11.1. The highest BCUT2D eigenvalue weighted by Crippen LogP contribution is 2.26. The first-order valence-electron chi connectivity index (χ1n) is 6.17. The van der Waals surface area contributed by atoms with Crippen LogP contribution in [0.4, 0.5) is 11.4 Å². The summed E-state index contributed by atoms with van der Waals surface area (Å²) >= 11 is 0. The van der Waals surface area contributed by atoms with E-state index in [1.165, 1.54) is 12.1 Å². The SMILES string of the molecule is CS(=O)(=O)Nc1ccccc1NCc1ccc(O)cc1O. The lowest BCUT2D eigenvalue weighted by atomic mass is 10.2. The third-order valence-electron chi connectivity index (χ3n) is 2.76. The Morgan fingerprint density at radius 1 is 1.05 bits per heavy atom. The van der Waals surface area contributed by atoms with E-state index >= 15 is 0 Å². The van der Waals surface area contributed by atoms with Gasteiger partial charge in [-0.1, -0.05) is 12.1 Å². The number of anilines is 2. The highest BCUT2D eigenvalue weighted by molar-refractivity contribution is 7.92. The molecule has 0 saturated heterocycles. The lowest BCUT2D eigenvalue weighted by Crippen LogP contribution is -2.12. The summed E-state index contributed by atoms with van der Waals surface area (Å²) in [4.78, 5) is 0. The predicted octanol–water partition coefficient (Wildman–Crippen LogP) is 2.08. The number of phenolic OH excluding ortho intramolecular Hbond substituents is 2. The number of sulfonamides is 1. The van der Waals surface area contributed by atoms with E-state index in [-0.39, 0.29) is 18.0 Å². The van der Waals surface area contributed by atoms with Gasteiger partial charge in [-0.2, -0.15) is 0 Å². The van der Waals surface area contributed by atoms with Gasteiger partial charge < -0.3 is 15.5 Å². The fourth-order valence-electron chi connectivity index (χ4n) is 1.82. The minimum atomic E-state index is -3.37. The maximum atomic E-state index is 11.3. The molecule has 2 aromatic rings. The molecule has 21 heavy (non-hydrogen) atoms. The fourth-order valence-corrected chi connectivity index (χ4v) is 2.40. The second-order valence-corrected chi connectivity index (χ2v) is 6.33. The summed E-state index contributed by atoms with van der Waals surface area (Å²) in [6.45, 7) is 0.286. The van der Waals surface area contributed by atoms with Gasteiger partial charge in [-0.05, 0) is 24.3 Å². The van der Waals surface area contributed by atoms with Crippen molar-refractivity contribution in [1.82, 2.24) is 0 Å². The standard InChI is InChI=1S/C14H16N2O4S/c1-21(19,20)16-13-5-3-2-4-12(13)15-9-10-6-7-11(17)8-14(10)18/h2-8,15-18H,9H2,1H3. The molecule has 0 radical (unpaired) electrons. The van der Waals surface area contributed by atoms with E-state index < -0.39 is 10.0 Å². The van der Waals surface area contributed by atoms with Gasteiger partial charge in [-0.3, -0.25) is 4.72 Å². The Morgan fingerprint density at radius 2 is 1.71 bits per heavy atom. The lowest BCUT2D eigenvalue weighted by Gasteiger charge is -2.13. The Labute approximate surface area is 123 Å². The molecule has 0 spiro atoms. The number of hydrogen-bond acceptors (Lipinski definition) is 5. The fraction of sp³-hybridized carbons (Fsp3) is 0.143. The summed E-state index contributed by atoms with van der Waals surface area (Å²) in [6.07, 6.45) is 1.08. The minimum Gasteiger partial charge on any atom is -0.508 e. The first-order chi connectivity index (χ1) is 9.85. The molecule has 0 fully saturated rings. The highest BCUT2D eigenvalue weighted by Gasteiger charge is 2.08. The summed E-state index contributed by atoms with van der Waals surface area (Å²) in [7, 11) is -3.37. The van der Waals surface area contributed by atoms with E-state index in [0.717, 1.165) is 6.26 Å². The van der Waals surface area contributed by atoms with Crippen molar-refractivity contribution >= 4 is 21.4 Å². The largest absolute Gasteiger partial charge is 0.508 e. The van der Waals surface area contributed by atoms with Crippen LogP contribution in [0.25, 0.3) is 0 Å². The first-order valence-corrected chi connectivity index (χ1v) is 8.06. The smallest absolute Gasteiger partial charge is 0.229 e. The van der Waals surface area contributed by atoms with Gasteiger partial charge in [0.1, 0.15) is 11.5 Å². The summed E-state index contributed by atoms with van der Waals surface area (Å²) in [5, 5.41) is 22.0. The zero-order valence-electron chi connectivity index (χ0n) is 11.4. The van der Waals surface area contributed by atoms with Gasteiger partial charge in [-0.15, -0.1) is 0 Å². The predicted molar refractivity (Wildman–Crippen MR) is 82.0 cm³/mol. The van der Waals surface area contributed by atoms with Gasteiger partial charge in [0.15, 0.2) is 0 Å². The van der Waals surface area contributed by atoms with E-state index in [1.807, 2.05) is 0 Å². The summed E-state index contributed by atoms with van der Waals surface area (Å²) < 4.78 is 25.0. The maximum absolute atomic E-state index is 11.3. The third kappa shape index (κ3) is 4.28. The molecule has 2 aromatic carbocycles. The van der Waals surface area contributed by atoms with Crippen LogP contribution in [0.1, 0.15) is 5.56 Å². The molecule has 0 atom stereocenters. The molecule has 7 heteroatoms. The molecule has 0 aromatic heterocycles. The molecule has 6 nitrogen and oxygen atoms in total. The van der Waals surface area contributed by atoms with E-state index in [9.17, 15) is 18.6 Å². The van der Waals surface area contributed by atoms with Gasteiger partial charge in [0.2, 0.25) is 10.0 Å². The molecule has 112 valence electrons. The van der Waals surface area contributed by atoms with Crippen LogP contribution in [0.15, 0.2) is 42.5 Å². The zero-order chi connectivity index (χ0) is 15.5. The molecule has 0 unspecified atom stereocenters. The van der Waals surface area contributed by atoms with Crippen molar-refractivity contribution < 1.29 is 18.6 Å². The van der Waals surface area contributed by atoms with Gasteiger partial charge in [-0.25, -0.2) is 8.42 Å². The van der Waals surface area contributed by atoms with Crippen LogP contribution in [-0.2, 0) is 16.6 Å². The van der Waals surface area contributed by atoms with Crippen molar-refractivity contribution in [2.45, 2.75) is 6.54 Å². The van der Waals surface area contributed by atoms with Crippen LogP contribution in [-0.4, -0.2) is 24.9 Å². The zero-order valence-corrected chi connectivity index (χ0v) is 12.2. The summed E-state index contributed by atoms with van der Waals surface area (Å²) in [5.41, 5.74) is 1.61. The van der Waals surface area contributed by atoms with Crippen LogP contribution >= 0.6 is 0 Å². The number of benzene rings is 2. The van der Waals surface area contributed by atoms with Gasteiger partial charge in [0.05, 0.1) is 17.6 Å². The number of phenols is 2. The van der Waals surface area contributed by atoms with Crippen molar-refractivity contribution in [3.63, 3.8) is 0 Å². The lowest BCUT2D eigenvalue weighted by molar-refractivity contribution is 0.446. The quantitative estimate of drug-likeness (QED) is 0.678. The number of hydrogen-bond donors (Lipinski definition) is 4. The summed E-state index contributed by atoms with van der Waals surface area (Å²) in [6, 6.07) is 11.2. The van der Waals surface area contributed by atoms with Crippen molar-refractivity contribution in [1.29, 1.82) is 0 Å². The molecular formula is C14H16N2O4S. The topological polar surface area (TPSA) is 98.7 Å². The number of para-hydroxylation sites is 2. The molecule has 0 aliphatic carbocycles. The second kappa shape index (κ2) is 5.92. The van der Waals surface area contributed by atoms with E-state index in [2.05, 4.69) is 10.0 Å².